The maximum absolute atomic E-state index is 9.36. The summed E-state index contributed by atoms with van der Waals surface area (Å²) in [5.74, 6) is 0. The lowest BCUT2D eigenvalue weighted by molar-refractivity contribution is 0.378. The van der Waals surface area contributed by atoms with E-state index in [4.69, 9.17) is 0 Å². The van der Waals surface area contributed by atoms with Crippen LogP contribution in [-0.4, -0.2) is 25.2 Å². The van der Waals surface area contributed by atoms with Crippen LogP contribution >= 0.6 is 0 Å². The highest BCUT2D eigenvalue weighted by Gasteiger charge is 2.28. The number of benzene rings is 1. The minimum absolute atomic E-state index is 0.482. The Morgan fingerprint density at radius 3 is 2.79 bits per heavy atom. The maximum Gasteiger partial charge on any atom is 0.101 e. The molecule has 0 saturated carbocycles. The lowest BCUT2D eigenvalue weighted by Crippen LogP contribution is -2.56. The summed E-state index contributed by atoms with van der Waals surface area (Å²) in [6, 6.07) is 9.36. The van der Waals surface area contributed by atoms with E-state index >= 15 is 0 Å². The van der Waals surface area contributed by atoms with Crippen LogP contribution < -0.4 is 10.2 Å². The van der Waals surface area contributed by atoms with Crippen LogP contribution in [0.25, 0.3) is 0 Å². The second kappa shape index (κ2) is 6.08. The first-order valence-electron chi connectivity index (χ1n) is 7.21. The van der Waals surface area contributed by atoms with Gasteiger partial charge in [0.25, 0.3) is 0 Å². The van der Waals surface area contributed by atoms with Crippen molar-refractivity contribution >= 4 is 5.69 Å². The van der Waals surface area contributed by atoms with Crippen molar-refractivity contribution in [3.63, 3.8) is 0 Å². The van der Waals surface area contributed by atoms with Crippen molar-refractivity contribution in [3.05, 3.63) is 29.3 Å². The molecule has 2 unspecified atom stereocenters. The summed E-state index contributed by atoms with van der Waals surface area (Å²) in [6.07, 6.45) is 2.23. The molecule has 102 valence electrons. The van der Waals surface area contributed by atoms with Gasteiger partial charge < -0.3 is 10.2 Å². The van der Waals surface area contributed by atoms with Gasteiger partial charge in [-0.15, -0.1) is 0 Å². The molecule has 3 heteroatoms. The van der Waals surface area contributed by atoms with Crippen LogP contribution in [0.2, 0.25) is 0 Å². The van der Waals surface area contributed by atoms with Crippen LogP contribution in [-0.2, 0) is 0 Å². The Morgan fingerprint density at radius 2 is 2.16 bits per heavy atom. The molecule has 1 fully saturated rings. The molecule has 1 aliphatic heterocycles. The molecule has 0 aliphatic carbocycles. The Morgan fingerprint density at radius 1 is 1.37 bits per heavy atom. The molecule has 3 nitrogen and oxygen atoms in total. The van der Waals surface area contributed by atoms with Crippen LogP contribution in [0.1, 0.15) is 37.8 Å². The summed E-state index contributed by atoms with van der Waals surface area (Å²) in [5.41, 5.74) is 3.14. The van der Waals surface area contributed by atoms with Gasteiger partial charge >= 0.3 is 0 Å². The van der Waals surface area contributed by atoms with Gasteiger partial charge in [-0.1, -0.05) is 26.0 Å². The first kappa shape index (κ1) is 13.9. The molecule has 1 aliphatic rings. The van der Waals surface area contributed by atoms with Crippen LogP contribution in [0.15, 0.2) is 18.2 Å². The number of hydrogen-bond acceptors (Lipinski definition) is 3. The third-order valence-electron chi connectivity index (χ3n) is 4.11. The first-order valence-corrected chi connectivity index (χ1v) is 7.21. The lowest BCUT2D eigenvalue weighted by Gasteiger charge is -2.42. The largest absolute Gasteiger partial charge is 0.364 e. The number of para-hydroxylation sites is 1. The van der Waals surface area contributed by atoms with E-state index in [1.165, 1.54) is 5.56 Å². The summed E-state index contributed by atoms with van der Waals surface area (Å²) < 4.78 is 0. The van der Waals surface area contributed by atoms with Gasteiger partial charge in [0.1, 0.15) is 6.07 Å². The van der Waals surface area contributed by atoms with E-state index in [9.17, 15) is 5.26 Å². The molecular weight excluding hydrogens is 234 g/mol. The fourth-order valence-corrected chi connectivity index (χ4v) is 2.91. The van der Waals surface area contributed by atoms with E-state index in [0.29, 0.717) is 12.1 Å². The molecule has 0 amide bonds. The number of nitrogens with one attached hydrogen (secondary N) is 1. The number of hydrogen-bond donors (Lipinski definition) is 1. The number of nitrogens with zero attached hydrogens (tertiary/aromatic N) is 2. The first-order chi connectivity index (χ1) is 9.21. The SMILES string of the molecule is CCC1CN(c2c(C)cccc2C#N)C(CC)CN1. The zero-order valence-electron chi connectivity index (χ0n) is 12.1. The molecule has 2 rings (SSSR count). The number of anilines is 1. The van der Waals surface area contributed by atoms with E-state index in [1.54, 1.807) is 0 Å². The van der Waals surface area contributed by atoms with Gasteiger partial charge in [0.2, 0.25) is 0 Å². The van der Waals surface area contributed by atoms with Crippen LogP contribution in [0.3, 0.4) is 0 Å². The Hall–Kier alpha value is -1.53. The van der Waals surface area contributed by atoms with E-state index in [1.807, 2.05) is 12.1 Å². The van der Waals surface area contributed by atoms with Crippen molar-refractivity contribution < 1.29 is 0 Å². The summed E-state index contributed by atoms with van der Waals surface area (Å²) in [7, 11) is 0. The van der Waals surface area contributed by atoms with Crippen LogP contribution in [0.5, 0.6) is 0 Å². The minimum atomic E-state index is 0.482. The van der Waals surface area contributed by atoms with Crippen molar-refractivity contribution in [2.45, 2.75) is 45.7 Å². The lowest BCUT2D eigenvalue weighted by atomic mass is 10.00. The highest BCUT2D eigenvalue weighted by Crippen LogP contribution is 2.29. The smallest absolute Gasteiger partial charge is 0.101 e. The van der Waals surface area contributed by atoms with Crippen molar-refractivity contribution in [3.8, 4) is 6.07 Å². The molecule has 1 heterocycles. The summed E-state index contributed by atoms with van der Waals surface area (Å²) >= 11 is 0. The van der Waals surface area contributed by atoms with Gasteiger partial charge in [0.15, 0.2) is 0 Å². The summed E-state index contributed by atoms with van der Waals surface area (Å²) in [6.45, 7) is 8.54. The standard InChI is InChI=1S/C16H23N3/c1-4-14-11-19(15(5-2)10-18-14)16-12(3)7-6-8-13(16)9-17/h6-8,14-15,18H,4-5,10-11H2,1-3H3. The summed E-state index contributed by atoms with van der Waals surface area (Å²) in [5, 5.41) is 13.0. The maximum atomic E-state index is 9.36. The Bertz CT molecular complexity index is 475. The van der Waals surface area contributed by atoms with Gasteiger partial charge in [0, 0.05) is 25.2 Å². The Balaban J connectivity index is 2.39. The van der Waals surface area contributed by atoms with E-state index < -0.39 is 0 Å². The van der Waals surface area contributed by atoms with E-state index in [2.05, 4.69) is 43.1 Å². The number of aryl methyl sites for hydroxylation is 1. The van der Waals surface area contributed by atoms with E-state index in [0.717, 1.165) is 37.2 Å². The Labute approximate surface area is 116 Å². The second-order valence-electron chi connectivity index (χ2n) is 5.31. The highest BCUT2D eigenvalue weighted by molar-refractivity contribution is 5.65. The molecule has 1 saturated heterocycles. The molecule has 1 aromatic carbocycles. The number of nitriles is 1. The van der Waals surface area contributed by atoms with Gasteiger partial charge in [-0.05, 0) is 31.4 Å². The molecular formula is C16H23N3. The van der Waals surface area contributed by atoms with Crippen molar-refractivity contribution in [1.82, 2.24) is 5.32 Å². The fourth-order valence-electron chi connectivity index (χ4n) is 2.91. The van der Waals surface area contributed by atoms with Gasteiger partial charge in [-0.2, -0.15) is 5.26 Å². The zero-order chi connectivity index (χ0) is 13.8. The Kier molecular flexibility index (Phi) is 4.44. The molecule has 0 aromatic heterocycles. The molecule has 0 bridgehead atoms. The highest BCUT2D eigenvalue weighted by atomic mass is 15.2. The average molecular weight is 257 g/mol. The van der Waals surface area contributed by atoms with E-state index in [-0.39, 0.29) is 0 Å². The quantitative estimate of drug-likeness (QED) is 0.905. The number of piperazine rings is 1. The van der Waals surface area contributed by atoms with Crippen molar-refractivity contribution in [2.24, 2.45) is 0 Å². The molecule has 0 radical (unpaired) electrons. The second-order valence-corrected chi connectivity index (χ2v) is 5.31. The molecule has 0 spiro atoms. The molecule has 1 aromatic rings. The van der Waals surface area contributed by atoms with Crippen molar-refractivity contribution in [1.29, 1.82) is 5.26 Å². The molecule has 19 heavy (non-hydrogen) atoms. The topological polar surface area (TPSA) is 39.1 Å². The normalized spacial score (nSPS) is 23.2. The van der Waals surface area contributed by atoms with Crippen molar-refractivity contribution in [2.75, 3.05) is 18.0 Å². The van der Waals surface area contributed by atoms with Crippen LogP contribution in [0, 0.1) is 18.3 Å². The van der Waals surface area contributed by atoms with Gasteiger partial charge in [-0.25, -0.2) is 0 Å². The third kappa shape index (κ3) is 2.74. The third-order valence-corrected chi connectivity index (χ3v) is 4.11. The summed E-state index contributed by atoms with van der Waals surface area (Å²) in [4.78, 5) is 2.44. The predicted octanol–water partition coefficient (Wildman–Crippen LogP) is 2.83. The predicted molar refractivity (Wildman–Crippen MR) is 79.4 cm³/mol. The van der Waals surface area contributed by atoms with Gasteiger partial charge in [-0.3, -0.25) is 0 Å². The minimum Gasteiger partial charge on any atom is -0.364 e. The monoisotopic (exact) mass is 257 g/mol. The number of rotatable bonds is 3. The van der Waals surface area contributed by atoms with Crippen LogP contribution in [0.4, 0.5) is 5.69 Å². The molecule has 1 N–H and O–H groups in total. The zero-order valence-corrected chi connectivity index (χ0v) is 12.1. The average Bonchev–Trinajstić information content (AvgIpc) is 2.46. The fraction of sp³-hybridized carbons (Fsp3) is 0.562. The van der Waals surface area contributed by atoms with Gasteiger partial charge in [0.05, 0.1) is 11.3 Å². The molecule has 2 atom stereocenters.